The van der Waals surface area contributed by atoms with Crippen molar-refractivity contribution in [3.63, 3.8) is 0 Å². The van der Waals surface area contributed by atoms with Crippen molar-refractivity contribution in [2.24, 2.45) is 0 Å². The van der Waals surface area contributed by atoms with Gasteiger partial charge in [0, 0.05) is 31.4 Å². The molecule has 1 unspecified atom stereocenters. The van der Waals surface area contributed by atoms with Crippen molar-refractivity contribution < 1.29 is 27.4 Å². The summed E-state index contributed by atoms with van der Waals surface area (Å²) >= 11 is 0. The van der Waals surface area contributed by atoms with E-state index in [4.69, 9.17) is 4.74 Å². The summed E-state index contributed by atoms with van der Waals surface area (Å²) in [5.41, 5.74) is 0.246. The first-order valence-corrected chi connectivity index (χ1v) is 8.32. The van der Waals surface area contributed by atoms with Crippen LogP contribution in [0, 0.1) is 0 Å². The number of hydrogen-bond acceptors (Lipinski definition) is 6. The van der Waals surface area contributed by atoms with Gasteiger partial charge in [0.05, 0.1) is 17.9 Å². The number of benzene rings is 1. The third-order valence-electron chi connectivity index (χ3n) is 4.10. The van der Waals surface area contributed by atoms with Gasteiger partial charge in [0.1, 0.15) is 12.4 Å². The molecule has 1 aliphatic rings. The lowest BCUT2D eigenvalue weighted by atomic mass is 10.1. The van der Waals surface area contributed by atoms with E-state index in [-0.39, 0.29) is 23.9 Å². The lowest BCUT2D eigenvalue weighted by Crippen LogP contribution is -2.54. The van der Waals surface area contributed by atoms with Crippen molar-refractivity contribution in [2.45, 2.75) is 12.4 Å². The van der Waals surface area contributed by atoms with E-state index in [0.717, 1.165) is 0 Å². The van der Waals surface area contributed by atoms with Crippen LogP contribution < -0.4 is 19.7 Å². The van der Waals surface area contributed by atoms with Crippen LogP contribution in [0.1, 0.15) is 10.4 Å². The minimum atomic E-state index is -4.86. The van der Waals surface area contributed by atoms with Crippen LogP contribution in [0.5, 0.6) is 11.5 Å². The monoisotopic (exact) mass is 381 g/mol. The molecule has 1 N–H and O–H groups in total. The molecule has 0 aliphatic carbocycles. The number of aromatic nitrogens is 1. The van der Waals surface area contributed by atoms with Gasteiger partial charge in [0.15, 0.2) is 12.0 Å². The number of aldehydes is 1. The molecule has 1 fully saturated rings. The van der Waals surface area contributed by atoms with E-state index >= 15 is 0 Å². The zero-order chi connectivity index (χ0) is 19.3. The first-order valence-electron chi connectivity index (χ1n) is 8.32. The molecule has 0 saturated carbocycles. The van der Waals surface area contributed by atoms with Gasteiger partial charge in [-0.05, 0) is 24.3 Å². The number of carbonyl (C=O) groups is 1. The van der Waals surface area contributed by atoms with Crippen molar-refractivity contribution in [1.82, 2.24) is 10.3 Å². The Hall–Kier alpha value is -2.81. The average molecular weight is 381 g/mol. The highest BCUT2D eigenvalue weighted by molar-refractivity contribution is 5.87. The topological polar surface area (TPSA) is 63.7 Å². The fourth-order valence-electron chi connectivity index (χ4n) is 2.98. The van der Waals surface area contributed by atoms with E-state index in [1.807, 2.05) is 0 Å². The van der Waals surface area contributed by atoms with Crippen LogP contribution in [-0.2, 0) is 0 Å². The summed E-state index contributed by atoms with van der Waals surface area (Å²) in [4.78, 5) is 17.1. The van der Waals surface area contributed by atoms with E-state index in [1.54, 1.807) is 29.4 Å². The number of anilines is 1. The number of pyridine rings is 1. The molecule has 0 radical (unpaired) electrons. The van der Waals surface area contributed by atoms with E-state index in [2.05, 4.69) is 15.0 Å². The molecule has 1 atom stereocenters. The number of rotatable bonds is 6. The number of hydrogen-bond donors (Lipinski definition) is 1. The highest BCUT2D eigenvalue weighted by Crippen LogP contribution is 2.36. The lowest BCUT2D eigenvalue weighted by molar-refractivity contribution is -0.274. The highest BCUT2D eigenvalue weighted by atomic mass is 19.4. The van der Waals surface area contributed by atoms with Gasteiger partial charge in [-0.15, -0.1) is 13.2 Å². The molecule has 6 nitrogen and oxygen atoms in total. The Morgan fingerprint density at radius 1 is 1.30 bits per heavy atom. The second-order valence-corrected chi connectivity index (χ2v) is 5.91. The molecule has 1 aliphatic heterocycles. The number of piperazine rings is 1. The molecule has 0 amide bonds. The molecule has 1 aromatic carbocycles. The first kappa shape index (κ1) is 19.0. The van der Waals surface area contributed by atoms with Gasteiger partial charge in [-0.25, -0.2) is 0 Å². The van der Waals surface area contributed by atoms with Crippen LogP contribution in [-0.4, -0.2) is 49.9 Å². The summed E-state index contributed by atoms with van der Waals surface area (Å²) in [6, 6.07) is 7.20. The molecular formula is C18H18F3N3O3. The second-order valence-electron chi connectivity index (χ2n) is 5.91. The summed E-state index contributed by atoms with van der Waals surface area (Å²) in [6.45, 7) is 1.65. The van der Waals surface area contributed by atoms with E-state index < -0.39 is 12.1 Å². The quantitative estimate of drug-likeness (QED) is 0.777. The van der Waals surface area contributed by atoms with Crippen molar-refractivity contribution in [1.29, 1.82) is 0 Å². The Morgan fingerprint density at radius 3 is 2.85 bits per heavy atom. The number of para-hydroxylation sites is 1. The van der Waals surface area contributed by atoms with Crippen LogP contribution >= 0.6 is 0 Å². The molecule has 2 aromatic rings. The van der Waals surface area contributed by atoms with Crippen LogP contribution in [0.4, 0.5) is 18.9 Å². The number of ether oxygens (including phenoxy) is 2. The fourth-order valence-corrected chi connectivity index (χ4v) is 2.98. The molecule has 27 heavy (non-hydrogen) atoms. The number of carbonyl (C=O) groups excluding carboxylic acids is 1. The summed E-state index contributed by atoms with van der Waals surface area (Å²) in [5, 5.41) is 3.19. The van der Waals surface area contributed by atoms with Gasteiger partial charge in [0.25, 0.3) is 0 Å². The Bertz CT molecular complexity index is 771. The molecule has 9 heteroatoms. The molecule has 0 bridgehead atoms. The molecule has 3 rings (SSSR count). The first-order chi connectivity index (χ1) is 13.0. The minimum Gasteiger partial charge on any atom is -0.490 e. The highest BCUT2D eigenvalue weighted by Gasteiger charge is 2.35. The normalized spacial score (nSPS) is 17.4. The molecule has 0 spiro atoms. The molecule has 2 heterocycles. The smallest absolute Gasteiger partial charge is 0.490 e. The summed E-state index contributed by atoms with van der Waals surface area (Å²) in [7, 11) is 0. The van der Waals surface area contributed by atoms with Crippen molar-refractivity contribution in [2.75, 3.05) is 31.1 Å². The van der Waals surface area contributed by atoms with E-state index in [9.17, 15) is 18.0 Å². The number of nitrogens with one attached hydrogen (secondary N) is 1. The predicted molar refractivity (Wildman–Crippen MR) is 92.2 cm³/mol. The molecule has 1 aromatic heterocycles. The number of halogens is 3. The van der Waals surface area contributed by atoms with E-state index in [1.165, 1.54) is 18.2 Å². The van der Waals surface area contributed by atoms with Gasteiger partial charge in [-0.3, -0.25) is 9.78 Å². The Morgan fingerprint density at radius 2 is 2.15 bits per heavy atom. The van der Waals surface area contributed by atoms with Crippen molar-refractivity contribution in [3.8, 4) is 11.5 Å². The third kappa shape index (κ3) is 4.88. The number of alkyl halides is 3. The summed E-state index contributed by atoms with van der Waals surface area (Å²) in [5.74, 6) is 0.152. The maximum Gasteiger partial charge on any atom is 0.573 e. The van der Waals surface area contributed by atoms with Crippen LogP contribution in [0.25, 0.3) is 0 Å². The lowest BCUT2D eigenvalue weighted by Gasteiger charge is -2.39. The second kappa shape index (κ2) is 8.26. The van der Waals surface area contributed by atoms with Gasteiger partial charge in [-0.2, -0.15) is 0 Å². The maximum absolute atomic E-state index is 12.8. The number of nitrogens with zero attached hydrogens (tertiary/aromatic N) is 2. The largest absolute Gasteiger partial charge is 0.573 e. The zero-order valence-electron chi connectivity index (χ0n) is 14.3. The van der Waals surface area contributed by atoms with Gasteiger partial charge < -0.3 is 19.7 Å². The van der Waals surface area contributed by atoms with Crippen molar-refractivity contribution in [3.05, 3.63) is 48.3 Å². The van der Waals surface area contributed by atoms with Crippen LogP contribution in [0.2, 0.25) is 0 Å². The van der Waals surface area contributed by atoms with Gasteiger partial charge in [0.2, 0.25) is 0 Å². The molecular weight excluding hydrogens is 363 g/mol. The van der Waals surface area contributed by atoms with Gasteiger partial charge in [-0.1, -0.05) is 6.07 Å². The average Bonchev–Trinajstić information content (AvgIpc) is 2.66. The third-order valence-corrected chi connectivity index (χ3v) is 4.10. The SMILES string of the molecule is O=Cc1cccc(OC(F)(F)F)c1N1CCNCC1COc1cccnc1. The Labute approximate surface area is 153 Å². The summed E-state index contributed by atoms with van der Waals surface area (Å²) < 4.78 is 48.3. The molecule has 144 valence electrons. The summed E-state index contributed by atoms with van der Waals surface area (Å²) in [6.07, 6.45) is -1.16. The fraction of sp³-hybridized carbons (Fsp3) is 0.333. The standard InChI is InChI=1S/C18H18F3N3O3/c19-18(20,21)27-16-5-1-3-13(11-25)17(16)24-8-7-23-9-14(24)12-26-15-4-2-6-22-10-15/h1-6,10-11,14,23H,7-9,12H2. The van der Waals surface area contributed by atoms with Gasteiger partial charge >= 0.3 is 6.36 Å². The Balaban J connectivity index is 1.88. The van der Waals surface area contributed by atoms with E-state index in [0.29, 0.717) is 31.7 Å². The van der Waals surface area contributed by atoms with Crippen molar-refractivity contribution >= 4 is 12.0 Å². The minimum absolute atomic E-state index is 0.117. The maximum atomic E-state index is 12.8. The zero-order valence-corrected chi connectivity index (χ0v) is 14.3. The Kier molecular flexibility index (Phi) is 5.80. The van der Waals surface area contributed by atoms with Crippen LogP contribution in [0.15, 0.2) is 42.7 Å². The predicted octanol–water partition coefficient (Wildman–Crippen LogP) is 2.65. The van der Waals surface area contributed by atoms with Crippen LogP contribution in [0.3, 0.4) is 0 Å². The molecule has 1 saturated heterocycles.